The van der Waals surface area contributed by atoms with Gasteiger partial charge in [-0.15, -0.1) is 0 Å². The fraction of sp³-hybridized carbons (Fsp3) is 0.667. The third-order valence-corrected chi connectivity index (χ3v) is 2.31. The Bertz CT molecular complexity index is 211. The first kappa shape index (κ1) is 4.97. The summed E-state index contributed by atoms with van der Waals surface area (Å²) < 4.78 is 0. The molecule has 0 spiro atoms. The fourth-order valence-corrected chi connectivity index (χ4v) is 1.34. The second-order valence-corrected chi connectivity index (χ2v) is 2.99. The summed E-state index contributed by atoms with van der Waals surface area (Å²) in [7, 11) is 0. The predicted molar refractivity (Wildman–Crippen MR) is 29.4 cm³/mol. The van der Waals surface area contributed by atoms with Gasteiger partial charge in [-0.05, 0) is 13.3 Å². The monoisotopic (exact) mass is 125 g/mol. The maximum absolute atomic E-state index is 10.8. The minimum atomic E-state index is -0.308. The Hall–Kier alpha value is -0.860. The number of hydrogen-bond acceptors (Lipinski definition) is 2. The van der Waals surface area contributed by atoms with Crippen LogP contribution in [0.2, 0.25) is 0 Å². The second-order valence-electron chi connectivity index (χ2n) is 2.99. The van der Waals surface area contributed by atoms with Gasteiger partial charge in [0.2, 0.25) is 11.8 Å². The van der Waals surface area contributed by atoms with Crippen molar-refractivity contribution in [1.29, 1.82) is 0 Å². The number of fused-ring (bicyclic) bond motifs is 1. The van der Waals surface area contributed by atoms with Crippen LogP contribution in [0.1, 0.15) is 13.3 Å². The van der Waals surface area contributed by atoms with Crippen LogP contribution in [0.4, 0.5) is 0 Å². The molecule has 1 aliphatic carbocycles. The van der Waals surface area contributed by atoms with Crippen molar-refractivity contribution in [2.75, 3.05) is 0 Å². The molecule has 2 unspecified atom stereocenters. The van der Waals surface area contributed by atoms with E-state index in [1.54, 1.807) is 0 Å². The van der Waals surface area contributed by atoms with Crippen LogP contribution in [0.15, 0.2) is 0 Å². The molecule has 3 nitrogen and oxygen atoms in total. The zero-order valence-corrected chi connectivity index (χ0v) is 5.10. The largest absolute Gasteiger partial charge is 0.296 e. The third-order valence-electron chi connectivity index (χ3n) is 2.31. The minimum Gasteiger partial charge on any atom is -0.296 e. The quantitative estimate of drug-likeness (QED) is 0.450. The van der Waals surface area contributed by atoms with Gasteiger partial charge in [-0.3, -0.25) is 14.9 Å². The molecule has 9 heavy (non-hydrogen) atoms. The SMILES string of the molecule is CC12CC1C(=O)NC2=O. The van der Waals surface area contributed by atoms with E-state index in [2.05, 4.69) is 5.32 Å². The summed E-state index contributed by atoms with van der Waals surface area (Å²) >= 11 is 0. The molecule has 1 aliphatic heterocycles. The first-order valence-electron chi connectivity index (χ1n) is 3.00. The Morgan fingerprint density at radius 3 is 2.44 bits per heavy atom. The first-order valence-corrected chi connectivity index (χ1v) is 3.00. The molecule has 2 rings (SSSR count). The molecule has 48 valence electrons. The lowest BCUT2D eigenvalue weighted by molar-refractivity contribution is -0.128. The molecule has 2 aliphatic rings. The van der Waals surface area contributed by atoms with Crippen molar-refractivity contribution >= 4 is 11.8 Å². The molecule has 1 saturated carbocycles. The van der Waals surface area contributed by atoms with Crippen LogP contribution in [0, 0.1) is 11.3 Å². The number of amides is 2. The lowest BCUT2D eigenvalue weighted by Gasteiger charge is -1.96. The van der Waals surface area contributed by atoms with Crippen LogP contribution in [0.25, 0.3) is 0 Å². The highest BCUT2D eigenvalue weighted by atomic mass is 16.2. The molecule has 0 aromatic heterocycles. The van der Waals surface area contributed by atoms with Gasteiger partial charge in [0.1, 0.15) is 0 Å². The number of piperidine rings is 1. The van der Waals surface area contributed by atoms with E-state index in [1.807, 2.05) is 6.92 Å². The zero-order valence-electron chi connectivity index (χ0n) is 5.10. The summed E-state index contributed by atoms with van der Waals surface area (Å²) in [5, 5.41) is 2.28. The molecule has 0 radical (unpaired) electrons. The molecule has 2 atom stereocenters. The van der Waals surface area contributed by atoms with Gasteiger partial charge in [0.15, 0.2) is 0 Å². The maximum atomic E-state index is 10.8. The molecule has 0 aromatic rings. The first-order chi connectivity index (χ1) is 4.14. The Labute approximate surface area is 52.4 Å². The van der Waals surface area contributed by atoms with E-state index in [-0.39, 0.29) is 23.1 Å². The van der Waals surface area contributed by atoms with Crippen molar-refractivity contribution in [3.63, 3.8) is 0 Å². The number of nitrogens with one attached hydrogen (secondary N) is 1. The van der Waals surface area contributed by atoms with Crippen molar-refractivity contribution in [3.8, 4) is 0 Å². The highest BCUT2D eigenvalue weighted by Gasteiger charge is 2.65. The molecule has 1 N–H and O–H groups in total. The van der Waals surface area contributed by atoms with Crippen molar-refractivity contribution in [2.45, 2.75) is 13.3 Å². The molecule has 2 fully saturated rings. The Morgan fingerprint density at radius 2 is 2.33 bits per heavy atom. The smallest absolute Gasteiger partial charge is 0.233 e. The van der Waals surface area contributed by atoms with Gasteiger partial charge in [0, 0.05) is 0 Å². The zero-order chi connectivity index (χ0) is 6.65. The van der Waals surface area contributed by atoms with Crippen molar-refractivity contribution in [2.24, 2.45) is 11.3 Å². The predicted octanol–water partition coefficient (Wildman–Crippen LogP) is -0.331. The van der Waals surface area contributed by atoms with E-state index in [9.17, 15) is 9.59 Å². The minimum absolute atomic E-state index is 0.00463. The van der Waals surface area contributed by atoms with E-state index >= 15 is 0 Å². The van der Waals surface area contributed by atoms with Crippen LogP contribution in [0.5, 0.6) is 0 Å². The van der Waals surface area contributed by atoms with E-state index < -0.39 is 0 Å². The topological polar surface area (TPSA) is 46.2 Å². The fourth-order valence-electron chi connectivity index (χ4n) is 1.34. The van der Waals surface area contributed by atoms with Gasteiger partial charge in [0.05, 0.1) is 11.3 Å². The summed E-state index contributed by atoms with van der Waals surface area (Å²) in [4.78, 5) is 21.5. The number of rotatable bonds is 0. The third kappa shape index (κ3) is 0.385. The molecule has 0 aromatic carbocycles. The van der Waals surface area contributed by atoms with Gasteiger partial charge < -0.3 is 0 Å². The normalized spacial score (nSPS) is 46.6. The van der Waals surface area contributed by atoms with Gasteiger partial charge in [-0.1, -0.05) is 0 Å². The summed E-state index contributed by atoms with van der Waals surface area (Å²) in [6.45, 7) is 1.83. The van der Waals surface area contributed by atoms with Gasteiger partial charge >= 0.3 is 0 Å². The van der Waals surface area contributed by atoms with Gasteiger partial charge in [-0.2, -0.15) is 0 Å². The van der Waals surface area contributed by atoms with Crippen molar-refractivity contribution in [3.05, 3.63) is 0 Å². The highest BCUT2D eigenvalue weighted by molar-refractivity contribution is 6.11. The number of imide groups is 1. The number of carbonyl (C=O) groups excluding carboxylic acids is 2. The number of hydrogen-bond donors (Lipinski definition) is 1. The Balaban J connectivity index is 2.38. The molecular weight excluding hydrogens is 118 g/mol. The summed E-state index contributed by atoms with van der Waals surface area (Å²) in [5.74, 6) is -0.162. The maximum Gasteiger partial charge on any atom is 0.233 e. The molecule has 1 heterocycles. The second kappa shape index (κ2) is 1.03. The van der Waals surface area contributed by atoms with Gasteiger partial charge in [0.25, 0.3) is 0 Å². The lowest BCUT2D eigenvalue weighted by Crippen LogP contribution is -2.27. The number of carbonyl (C=O) groups is 2. The molecule has 3 heteroatoms. The summed E-state index contributed by atoms with van der Waals surface area (Å²) in [6.07, 6.45) is 0.762. The molecule has 0 bridgehead atoms. The standard InChI is InChI=1S/C6H7NO2/c1-6-2-3(6)4(8)7-5(6)9/h3H,2H2,1H3,(H,7,8,9). The van der Waals surface area contributed by atoms with E-state index in [1.165, 1.54) is 0 Å². The van der Waals surface area contributed by atoms with Crippen LogP contribution < -0.4 is 5.32 Å². The average Bonchev–Trinajstić information content (AvgIpc) is 2.38. The van der Waals surface area contributed by atoms with Crippen LogP contribution in [0.3, 0.4) is 0 Å². The van der Waals surface area contributed by atoms with Crippen molar-refractivity contribution < 1.29 is 9.59 Å². The van der Waals surface area contributed by atoms with E-state index in [0.29, 0.717) is 0 Å². The van der Waals surface area contributed by atoms with E-state index in [0.717, 1.165) is 6.42 Å². The van der Waals surface area contributed by atoms with Crippen LogP contribution in [-0.4, -0.2) is 11.8 Å². The summed E-state index contributed by atoms with van der Waals surface area (Å²) in [5.41, 5.74) is -0.308. The molecule has 2 amide bonds. The summed E-state index contributed by atoms with van der Waals surface area (Å²) in [6, 6.07) is 0. The van der Waals surface area contributed by atoms with Crippen LogP contribution in [-0.2, 0) is 9.59 Å². The molecule has 1 saturated heterocycles. The lowest BCUT2D eigenvalue weighted by atomic mass is 10.1. The van der Waals surface area contributed by atoms with Crippen LogP contribution >= 0.6 is 0 Å². The highest BCUT2D eigenvalue weighted by Crippen LogP contribution is 2.55. The Kier molecular flexibility index (Phi) is 0.570. The van der Waals surface area contributed by atoms with Crippen molar-refractivity contribution in [1.82, 2.24) is 5.32 Å². The molecular formula is C6H7NO2. The Morgan fingerprint density at radius 1 is 1.67 bits per heavy atom. The van der Waals surface area contributed by atoms with Gasteiger partial charge in [-0.25, -0.2) is 0 Å². The van der Waals surface area contributed by atoms with E-state index in [4.69, 9.17) is 0 Å². The average molecular weight is 125 g/mol.